The third-order valence-electron chi connectivity index (χ3n) is 0. The molecular weight excluding hydrogens is 354 g/mol. The number of rotatable bonds is 0. The second kappa shape index (κ2) is 7.39. The van der Waals surface area contributed by atoms with Crippen LogP contribution in [0.5, 0.6) is 0 Å². The van der Waals surface area contributed by atoms with Gasteiger partial charge in [-0.1, -0.05) is 0 Å². The van der Waals surface area contributed by atoms with Crippen molar-refractivity contribution in [2.24, 2.45) is 0 Å². The van der Waals surface area contributed by atoms with E-state index in [1.807, 2.05) is 0 Å². The predicted octanol–water partition coefficient (Wildman–Crippen LogP) is 1.31. The van der Waals surface area contributed by atoms with Gasteiger partial charge in [0.15, 0.2) is 0 Å². The van der Waals surface area contributed by atoms with Crippen LogP contribution in [0.15, 0.2) is 0 Å². The molecule has 0 aromatic rings. The van der Waals surface area contributed by atoms with Gasteiger partial charge in [0.1, 0.15) is 0 Å². The Morgan fingerprint density at radius 2 is 1.00 bits per heavy atom. The second-order valence-corrected chi connectivity index (χ2v) is 15.1. The van der Waals surface area contributed by atoms with Crippen LogP contribution < -0.4 is 0 Å². The summed E-state index contributed by atoms with van der Waals surface area (Å²) in [6, 6.07) is 0. The zero-order valence-corrected chi connectivity index (χ0v) is 11.4. The van der Waals surface area contributed by atoms with Gasteiger partial charge in [0.2, 0.25) is 0 Å². The van der Waals surface area contributed by atoms with E-state index in [9.17, 15) is 0 Å². The van der Waals surface area contributed by atoms with Crippen molar-refractivity contribution in [1.29, 1.82) is 0 Å². The standard InChI is InChI=1S/Bi.3ClH.K/h;3*1H;/q+3;;;;/p-3. The SMILES string of the molecule is [Cl][Bi]([Cl])[Cl].[K]. The minimum atomic E-state index is -2.18. The summed E-state index contributed by atoms with van der Waals surface area (Å²) in [5.41, 5.74) is 0. The van der Waals surface area contributed by atoms with Crippen LogP contribution in [-0.4, -0.2) is 69.6 Å². The Bertz CT molecular complexity index is 11.6. The van der Waals surface area contributed by atoms with Crippen molar-refractivity contribution in [3.8, 4) is 0 Å². The van der Waals surface area contributed by atoms with Crippen molar-refractivity contribution in [2.45, 2.75) is 0 Å². The van der Waals surface area contributed by atoms with E-state index in [1.165, 1.54) is 0 Å². The molecule has 0 N–H and O–H groups in total. The van der Waals surface area contributed by atoms with Gasteiger partial charge in [0, 0.05) is 51.4 Å². The molecule has 0 aliphatic carbocycles. The molecule has 5 heavy (non-hydrogen) atoms. The quantitative estimate of drug-likeness (QED) is 0.576. The summed E-state index contributed by atoms with van der Waals surface area (Å²) in [5, 5.41) is 0. The monoisotopic (exact) mass is 353 g/mol. The fourth-order valence-electron chi connectivity index (χ4n) is 0. The molecule has 0 fully saturated rings. The molecule has 0 saturated heterocycles. The molecule has 0 bridgehead atoms. The molecule has 0 aromatic heterocycles. The van der Waals surface area contributed by atoms with E-state index in [4.69, 9.17) is 25.5 Å². The molecule has 0 amide bonds. The molecule has 0 unspecified atom stereocenters. The summed E-state index contributed by atoms with van der Waals surface area (Å²) in [7, 11) is 15.0. The maximum absolute atomic E-state index is 5.01. The molecular formula is BiCl3K. The van der Waals surface area contributed by atoms with Gasteiger partial charge in [-0.05, 0) is 0 Å². The van der Waals surface area contributed by atoms with Crippen LogP contribution in [-0.2, 0) is 0 Å². The van der Waals surface area contributed by atoms with E-state index in [-0.39, 0.29) is 51.4 Å². The molecule has 27 valence electrons. The van der Waals surface area contributed by atoms with Crippen molar-refractivity contribution >= 4 is 95.1 Å². The fourth-order valence-corrected chi connectivity index (χ4v) is 0. The van der Waals surface area contributed by atoms with E-state index in [0.717, 1.165) is 0 Å². The average Bonchev–Trinajstić information content (AvgIpc) is 0.811. The minimum Gasteiger partial charge on any atom is 0 e. The predicted molar refractivity (Wildman–Crippen MR) is 29.1 cm³/mol. The van der Waals surface area contributed by atoms with Crippen LogP contribution in [0.2, 0.25) is 0 Å². The van der Waals surface area contributed by atoms with Crippen molar-refractivity contribution < 1.29 is 0 Å². The van der Waals surface area contributed by atoms with E-state index >= 15 is 0 Å². The maximum Gasteiger partial charge on any atom is 0 e. The molecule has 5 heteroatoms. The summed E-state index contributed by atoms with van der Waals surface area (Å²) >= 11 is -2.18. The van der Waals surface area contributed by atoms with Gasteiger partial charge in [-0.15, -0.1) is 0 Å². The Balaban J connectivity index is 0. The van der Waals surface area contributed by atoms with Crippen LogP contribution in [0.25, 0.3) is 0 Å². The van der Waals surface area contributed by atoms with Crippen LogP contribution >= 0.6 is 25.5 Å². The van der Waals surface area contributed by atoms with Gasteiger partial charge in [-0.3, -0.25) is 0 Å². The molecule has 0 rings (SSSR count). The molecule has 0 aromatic carbocycles. The molecule has 0 atom stereocenters. The largest absolute Gasteiger partial charge is 0 e. The first kappa shape index (κ1) is 11.2. The van der Waals surface area contributed by atoms with Gasteiger partial charge >= 0.3 is 43.7 Å². The van der Waals surface area contributed by atoms with Gasteiger partial charge in [0.05, 0.1) is 0 Å². The van der Waals surface area contributed by atoms with Crippen molar-refractivity contribution in [1.82, 2.24) is 0 Å². The third kappa shape index (κ3) is 18.7. The van der Waals surface area contributed by atoms with E-state index in [1.54, 1.807) is 0 Å². The summed E-state index contributed by atoms with van der Waals surface area (Å²) in [6.45, 7) is 0. The number of hydrogen-bond acceptors (Lipinski definition) is 0. The van der Waals surface area contributed by atoms with Crippen molar-refractivity contribution in [2.75, 3.05) is 0 Å². The Kier molecular flexibility index (Phi) is 16.6. The van der Waals surface area contributed by atoms with E-state index in [0.29, 0.717) is 0 Å². The average molecular weight is 354 g/mol. The van der Waals surface area contributed by atoms with Gasteiger partial charge in [-0.25, -0.2) is 0 Å². The van der Waals surface area contributed by atoms with Crippen molar-refractivity contribution in [3.05, 3.63) is 0 Å². The van der Waals surface area contributed by atoms with Crippen LogP contribution in [0.1, 0.15) is 0 Å². The van der Waals surface area contributed by atoms with Gasteiger partial charge in [0.25, 0.3) is 0 Å². The van der Waals surface area contributed by atoms with Crippen molar-refractivity contribution in [3.63, 3.8) is 0 Å². The molecule has 0 heterocycles. The minimum absolute atomic E-state index is 0. The Labute approximate surface area is 92.3 Å². The van der Waals surface area contributed by atoms with Gasteiger partial charge in [-0.2, -0.15) is 0 Å². The Morgan fingerprint density at radius 3 is 1.00 bits per heavy atom. The normalized spacial score (nSPS) is 7.20. The zero-order chi connectivity index (χ0) is 3.58. The third-order valence-corrected chi connectivity index (χ3v) is 0. The zero-order valence-electron chi connectivity index (χ0n) is 2.58. The summed E-state index contributed by atoms with van der Waals surface area (Å²) in [4.78, 5) is 0. The summed E-state index contributed by atoms with van der Waals surface area (Å²) in [5.74, 6) is 0. The first-order valence-electron chi connectivity index (χ1n) is 0.507. The number of halogens is 3. The fraction of sp³-hybridized carbons (Fsp3) is 0. The van der Waals surface area contributed by atoms with Crippen LogP contribution in [0.4, 0.5) is 0 Å². The first-order valence-corrected chi connectivity index (χ1v) is 13.3. The van der Waals surface area contributed by atoms with E-state index in [2.05, 4.69) is 0 Å². The molecule has 0 saturated carbocycles. The maximum atomic E-state index is 5.01. The van der Waals surface area contributed by atoms with Gasteiger partial charge < -0.3 is 0 Å². The molecule has 0 aliphatic heterocycles. The smallest absolute Gasteiger partial charge is 0 e. The Morgan fingerprint density at radius 1 is 1.00 bits per heavy atom. The molecule has 0 spiro atoms. The molecule has 0 aliphatic rings. The summed E-state index contributed by atoms with van der Waals surface area (Å²) < 4.78 is 0. The van der Waals surface area contributed by atoms with Crippen LogP contribution in [0.3, 0.4) is 0 Å². The van der Waals surface area contributed by atoms with Crippen LogP contribution in [0, 0.1) is 0 Å². The summed E-state index contributed by atoms with van der Waals surface area (Å²) in [6.07, 6.45) is 0. The topological polar surface area (TPSA) is 0 Å². The first-order chi connectivity index (χ1) is 1.73. The molecule has 1 radical (unpaired) electrons. The Hall–Kier alpha value is 3.39. The van der Waals surface area contributed by atoms with E-state index < -0.39 is 18.2 Å². The number of hydrogen-bond donors (Lipinski definition) is 0. The molecule has 0 nitrogen and oxygen atoms in total. The second-order valence-electron chi connectivity index (χ2n) is 0.192.